The third-order valence-corrected chi connectivity index (χ3v) is 6.95. The first-order chi connectivity index (χ1) is 15.0. The molecule has 2 amide bonds. The normalized spacial score (nSPS) is 16.1. The van der Waals surface area contributed by atoms with Crippen LogP contribution in [0.3, 0.4) is 0 Å². The van der Waals surface area contributed by atoms with E-state index < -0.39 is 10.8 Å². The monoisotopic (exact) mass is 432 g/mol. The van der Waals surface area contributed by atoms with E-state index in [-0.39, 0.29) is 17.9 Å². The van der Waals surface area contributed by atoms with Crippen LogP contribution in [-0.2, 0) is 17.3 Å². The van der Waals surface area contributed by atoms with Crippen molar-refractivity contribution >= 4 is 28.3 Å². The van der Waals surface area contributed by atoms with Crippen LogP contribution in [0.4, 0.5) is 5.69 Å². The van der Waals surface area contributed by atoms with E-state index in [2.05, 4.69) is 5.32 Å². The van der Waals surface area contributed by atoms with Crippen LogP contribution < -0.4 is 10.2 Å². The first-order valence-electron chi connectivity index (χ1n) is 10.3. The summed E-state index contributed by atoms with van der Waals surface area (Å²) < 4.78 is 13.4. The average Bonchev–Trinajstić information content (AvgIpc) is 2.89. The van der Waals surface area contributed by atoms with Crippen molar-refractivity contribution in [3.63, 3.8) is 0 Å². The lowest BCUT2D eigenvalue weighted by Crippen LogP contribution is -2.33. The molecule has 6 heteroatoms. The Morgan fingerprint density at radius 1 is 1.00 bits per heavy atom. The second-order valence-electron chi connectivity index (χ2n) is 7.61. The van der Waals surface area contributed by atoms with Crippen molar-refractivity contribution in [2.75, 3.05) is 4.90 Å². The maximum Gasteiger partial charge on any atom is 0.259 e. The molecule has 3 aromatic rings. The number of nitrogens with one attached hydrogen (secondary N) is 1. The molecule has 158 valence electrons. The van der Waals surface area contributed by atoms with Gasteiger partial charge in [0.2, 0.25) is 0 Å². The van der Waals surface area contributed by atoms with Gasteiger partial charge in [-0.2, -0.15) is 0 Å². The molecule has 0 saturated heterocycles. The number of amides is 2. The van der Waals surface area contributed by atoms with Crippen LogP contribution in [0.2, 0.25) is 0 Å². The number of benzene rings is 3. The molecule has 4 rings (SSSR count). The van der Waals surface area contributed by atoms with Crippen molar-refractivity contribution < 1.29 is 13.8 Å². The Bertz CT molecular complexity index is 1160. The molecule has 0 spiro atoms. The van der Waals surface area contributed by atoms with Crippen LogP contribution in [0.25, 0.3) is 0 Å². The summed E-state index contributed by atoms with van der Waals surface area (Å²) in [6, 6.07) is 21.7. The number of carbonyl (C=O) groups is 2. The fraction of sp³-hybridized carbons (Fsp3) is 0.200. The minimum Gasteiger partial charge on any atom is -0.350 e. The number of rotatable bonds is 5. The van der Waals surface area contributed by atoms with Gasteiger partial charge in [-0.1, -0.05) is 49.4 Å². The van der Waals surface area contributed by atoms with Gasteiger partial charge in [-0.05, 0) is 49.2 Å². The lowest BCUT2D eigenvalue weighted by molar-refractivity contribution is 0.0936. The van der Waals surface area contributed by atoms with E-state index in [1.54, 1.807) is 47.4 Å². The smallest absolute Gasteiger partial charge is 0.259 e. The molecule has 0 fully saturated rings. The Hall–Kier alpha value is -3.25. The maximum atomic E-state index is 13.5. The standard InChI is InChI=1S/C25H24N2O3S/c1-3-17(2)26-24(28)19-13-14-23-21(15-19)27(16-18-9-5-4-6-10-18)25(29)20-11-7-8-12-22(20)31(23)30/h4-15,17H,3,16H2,1-2H3,(H,26,28)/t17-,31+/m1/s1. The average molecular weight is 433 g/mol. The van der Waals surface area contributed by atoms with Gasteiger partial charge in [0.1, 0.15) is 0 Å². The van der Waals surface area contributed by atoms with Gasteiger partial charge < -0.3 is 10.2 Å². The van der Waals surface area contributed by atoms with Crippen molar-refractivity contribution in [3.8, 4) is 0 Å². The summed E-state index contributed by atoms with van der Waals surface area (Å²) in [4.78, 5) is 28.9. The molecule has 5 nitrogen and oxygen atoms in total. The van der Waals surface area contributed by atoms with Crippen LogP contribution >= 0.6 is 0 Å². The molecule has 3 aromatic carbocycles. The molecule has 31 heavy (non-hydrogen) atoms. The molecule has 1 heterocycles. The summed E-state index contributed by atoms with van der Waals surface area (Å²) in [5.74, 6) is -0.442. The summed E-state index contributed by atoms with van der Waals surface area (Å²) >= 11 is 0. The molecule has 1 N–H and O–H groups in total. The summed E-state index contributed by atoms with van der Waals surface area (Å²) in [6.45, 7) is 4.26. The van der Waals surface area contributed by atoms with E-state index in [0.717, 1.165) is 12.0 Å². The molecule has 1 aliphatic rings. The number of carbonyl (C=O) groups excluding carboxylic acids is 2. The SMILES string of the molecule is CC[C@@H](C)NC(=O)c1ccc2c(c1)N(Cc1ccccc1)C(=O)c1ccccc1[S@@]2=O. The Morgan fingerprint density at radius 3 is 2.45 bits per heavy atom. The van der Waals surface area contributed by atoms with Gasteiger partial charge >= 0.3 is 0 Å². The molecule has 0 unspecified atom stereocenters. The molecular formula is C25H24N2O3S. The fourth-order valence-electron chi connectivity index (χ4n) is 3.54. The second-order valence-corrected chi connectivity index (χ2v) is 9.02. The van der Waals surface area contributed by atoms with Crippen molar-refractivity contribution in [3.05, 3.63) is 89.5 Å². The predicted molar refractivity (Wildman–Crippen MR) is 122 cm³/mol. The third-order valence-electron chi connectivity index (χ3n) is 5.45. The minimum absolute atomic E-state index is 0.0340. The van der Waals surface area contributed by atoms with E-state index in [9.17, 15) is 13.8 Å². The summed E-state index contributed by atoms with van der Waals surface area (Å²) in [6.07, 6.45) is 0.814. The quantitative estimate of drug-likeness (QED) is 0.644. The first-order valence-corrected chi connectivity index (χ1v) is 11.5. The van der Waals surface area contributed by atoms with Crippen molar-refractivity contribution in [1.29, 1.82) is 0 Å². The van der Waals surface area contributed by atoms with Crippen LogP contribution in [-0.4, -0.2) is 22.1 Å². The zero-order valence-corrected chi connectivity index (χ0v) is 18.3. The highest BCUT2D eigenvalue weighted by molar-refractivity contribution is 7.85. The Balaban J connectivity index is 1.84. The van der Waals surface area contributed by atoms with E-state index in [4.69, 9.17) is 0 Å². The predicted octanol–water partition coefficient (Wildman–Crippen LogP) is 4.54. The topological polar surface area (TPSA) is 66.5 Å². The van der Waals surface area contributed by atoms with Crippen LogP contribution in [0.1, 0.15) is 46.5 Å². The highest BCUT2D eigenvalue weighted by Crippen LogP contribution is 2.36. The van der Waals surface area contributed by atoms with Crippen molar-refractivity contribution in [2.24, 2.45) is 0 Å². The summed E-state index contributed by atoms with van der Waals surface area (Å²) in [7, 11) is -1.53. The van der Waals surface area contributed by atoms with E-state index in [0.29, 0.717) is 33.2 Å². The summed E-state index contributed by atoms with van der Waals surface area (Å²) in [5, 5.41) is 2.95. The van der Waals surface area contributed by atoms with Crippen LogP contribution in [0.5, 0.6) is 0 Å². The highest BCUT2D eigenvalue weighted by atomic mass is 32.2. The number of nitrogens with zero attached hydrogens (tertiary/aromatic N) is 1. The molecule has 1 aliphatic heterocycles. The zero-order chi connectivity index (χ0) is 22.0. The van der Waals surface area contributed by atoms with E-state index >= 15 is 0 Å². The fourth-order valence-corrected chi connectivity index (χ4v) is 4.88. The van der Waals surface area contributed by atoms with E-state index in [1.807, 2.05) is 44.2 Å². The highest BCUT2D eigenvalue weighted by Gasteiger charge is 2.31. The van der Waals surface area contributed by atoms with Crippen LogP contribution in [0.15, 0.2) is 82.6 Å². The van der Waals surface area contributed by atoms with Gasteiger partial charge in [-0.15, -0.1) is 0 Å². The second kappa shape index (κ2) is 8.86. The minimum atomic E-state index is -1.53. The third kappa shape index (κ3) is 4.16. The molecule has 2 atom stereocenters. The number of hydrogen-bond donors (Lipinski definition) is 1. The van der Waals surface area contributed by atoms with Gasteiger partial charge in [-0.25, -0.2) is 4.21 Å². The largest absolute Gasteiger partial charge is 0.350 e. The van der Waals surface area contributed by atoms with Gasteiger partial charge in [0.25, 0.3) is 11.8 Å². The van der Waals surface area contributed by atoms with Crippen molar-refractivity contribution in [1.82, 2.24) is 5.32 Å². The lowest BCUT2D eigenvalue weighted by Gasteiger charge is -2.24. The Kier molecular flexibility index (Phi) is 6.00. The van der Waals surface area contributed by atoms with Crippen molar-refractivity contribution in [2.45, 2.75) is 42.6 Å². The van der Waals surface area contributed by atoms with Crippen LogP contribution in [0, 0.1) is 0 Å². The molecule has 0 aromatic heterocycles. The van der Waals surface area contributed by atoms with E-state index in [1.165, 1.54) is 0 Å². The Morgan fingerprint density at radius 2 is 1.71 bits per heavy atom. The number of hydrogen-bond acceptors (Lipinski definition) is 3. The zero-order valence-electron chi connectivity index (χ0n) is 17.5. The van der Waals surface area contributed by atoms with Gasteiger partial charge in [-0.3, -0.25) is 9.59 Å². The number of fused-ring (bicyclic) bond motifs is 2. The molecule has 0 radical (unpaired) electrons. The lowest BCUT2D eigenvalue weighted by atomic mass is 10.1. The van der Waals surface area contributed by atoms with Gasteiger partial charge in [0.15, 0.2) is 0 Å². The maximum absolute atomic E-state index is 13.5. The molecule has 0 aliphatic carbocycles. The number of anilines is 1. The molecular weight excluding hydrogens is 408 g/mol. The Labute approximate surface area is 184 Å². The molecule has 0 bridgehead atoms. The van der Waals surface area contributed by atoms with Gasteiger partial charge in [0, 0.05) is 11.6 Å². The van der Waals surface area contributed by atoms with Gasteiger partial charge in [0.05, 0.1) is 38.4 Å². The first kappa shape index (κ1) is 21.0. The summed E-state index contributed by atoms with van der Waals surface area (Å²) in [5.41, 5.74) is 2.30. The molecule has 0 saturated carbocycles.